The lowest BCUT2D eigenvalue weighted by Gasteiger charge is -2.12. The van der Waals surface area contributed by atoms with Crippen LogP contribution in [0.5, 0.6) is 11.5 Å². The van der Waals surface area contributed by atoms with Crippen LogP contribution in [0, 0.1) is 22.7 Å². The first-order valence-electron chi connectivity index (χ1n) is 15.8. The van der Waals surface area contributed by atoms with Crippen molar-refractivity contribution in [2.24, 2.45) is 0 Å². The first-order valence-corrected chi connectivity index (χ1v) is 15.8. The van der Waals surface area contributed by atoms with E-state index in [2.05, 4.69) is 23.8 Å². The van der Waals surface area contributed by atoms with Crippen LogP contribution in [0.2, 0.25) is 0 Å². The number of hydrogen-bond acceptors (Lipinski definition) is 7. The lowest BCUT2D eigenvalue weighted by atomic mass is 10.1. The van der Waals surface area contributed by atoms with Crippen molar-refractivity contribution < 1.29 is 14.3 Å². The third-order valence-electron chi connectivity index (χ3n) is 7.46. The smallest absolute Gasteiger partial charge is 0.343 e. The molecule has 0 bridgehead atoms. The van der Waals surface area contributed by atoms with E-state index in [0.29, 0.717) is 23.7 Å². The monoisotopic (exact) mass is 580 g/mol. The second-order valence-electron chi connectivity index (χ2n) is 10.9. The van der Waals surface area contributed by atoms with Crippen LogP contribution < -0.4 is 9.47 Å². The summed E-state index contributed by atoms with van der Waals surface area (Å²) in [5, 5.41) is 19.5. The van der Waals surface area contributed by atoms with Crippen LogP contribution in [0.15, 0.2) is 48.8 Å². The number of hydrogen-bond donors (Lipinski definition) is 0. The van der Waals surface area contributed by atoms with Crippen LogP contribution >= 0.6 is 0 Å². The third-order valence-corrected chi connectivity index (χ3v) is 7.46. The Morgan fingerprint density at radius 3 is 1.84 bits per heavy atom. The highest BCUT2D eigenvalue weighted by Crippen LogP contribution is 2.30. The highest BCUT2D eigenvalue weighted by atomic mass is 16.5. The van der Waals surface area contributed by atoms with E-state index >= 15 is 0 Å². The molecule has 2 aromatic carbocycles. The van der Waals surface area contributed by atoms with Crippen LogP contribution in [0.4, 0.5) is 0 Å². The summed E-state index contributed by atoms with van der Waals surface area (Å²) in [5.41, 5.74) is 2.28. The molecule has 0 atom stereocenters. The van der Waals surface area contributed by atoms with E-state index in [4.69, 9.17) is 9.47 Å². The fourth-order valence-corrected chi connectivity index (χ4v) is 4.89. The second kappa shape index (κ2) is 19.1. The van der Waals surface area contributed by atoms with Gasteiger partial charge in [0.2, 0.25) is 0 Å². The molecule has 0 fully saturated rings. The maximum atomic E-state index is 12.9. The Hall–Kier alpha value is -4.23. The summed E-state index contributed by atoms with van der Waals surface area (Å²) in [4.78, 5) is 21.9. The van der Waals surface area contributed by atoms with Crippen LogP contribution in [0.3, 0.4) is 0 Å². The standard InChI is InChI=1S/C36H44N4O3/c1-3-5-7-9-11-13-15-23-42-33-21-22-34(32(25-38)31(33)24-37)43-36(41)30-19-17-29(18-20-30)35-39-26-28(27-40-35)16-14-12-10-8-6-4-2/h17-22,26-27H,3-16,23H2,1-2H3. The number of nitrogens with zero attached hydrogens (tertiary/aromatic N) is 4. The van der Waals surface area contributed by atoms with Gasteiger partial charge in [-0.05, 0) is 49.1 Å². The molecule has 0 amide bonds. The van der Waals surface area contributed by atoms with Crippen molar-refractivity contribution in [3.05, 3.63) is 71.0 Å². The summed E-state index contributed by atoms with van der Waals surface area (Å²) in [6, 6.07) is 14.0. The molecule has 0 saturated heterocycles. The molecule has 0 aliphatic carbocycles. The highest BCUT2D eigenvalue weighted by molar-refractivity contribution is 5.92. The van der Waals surface area contributed by atoms with E-state index < -0.39 is 5.97 Å². The molecule has 0 spiro atoms. The number of esters is 1. The van der Waals surface area contributed by atoms with E-state index in [1.54, 1.807) is 30.3 Å². The van der Waals surface area contributed by atoms with Crippen molar-refractivity contribution in [2.45, 2.75) is 104 Å². The molecule has 0 N–H and O–H groups in total. The van der Waals surface area contributed by atoms with Gasteiger partial charge in [-0.2, -0.15) is 10.5 Å². The largest absolute Gasteiger partial charge is 0.492 e. The van der Waals surface area contributed by atoms with E-state index in [-0.39, 0.29) is 16.9 Å². The van der Waals surface area contributed by atoms with Crippen LogP contribution in [-0.4, -0.2) is 22.5 Å². The predicted molar refractivity (Wildman–Crippen MR) is 169 cm³/mol. The third kappa shape index (κ3) is 10.8. The van der Waals surface area contributed by atoms with Gasteiger partial charge in [0, 0.05) is 18.0 Å². The molecule has 0 aliphatic rings. The Morgan fingerprint density at radius 2 is 1.23 bits per heavy atom. The SMILES string of the molecule is CCCCCCCCCOc1ccc(OC(=O)c2ccc(-c3ncc(CCCCCCCC)cn3)cc2)c(C#N)c1C#N. The molecule has 3 aromatic rings. The molecular formula is C36H44N4O3. The maximum absolute atomic E-state index is 12.9. The van der Waals surface area contributed by atoms with Gasteiger partial charge in [-0.25, -0.2) is 14.8 Å². The zero-order chi connectivity index (χ0) is 30.7. The molecule has 1 heterocycles. The topological polar surface area (TPSA) is 109 Å². The number of rotatable bonds is 19. The lowest BCUT2D eigenvalue weighted by Crippen LogP contribution is -2.10. The van der Waals surface area contributed by atoms with Gasteiger partial charge in [0.1, 0.15) is 29.0 Å². The normalized spacial score (nSPS) is 10.6. The lowest BCUT2D eigenvalue weighted by molar-refractivity contribution is 0.0734. The van der Waals surface area contributed by atoms with Gasteiger partial charge in [-0.15, -0.1) is 0 Å². The number of ether oxygens (including phenoxy) is 2. The number of benzene rings is 2. The minimum Gasteiger partial charge on any atom is -0.492 e. The molecule has 43 heavy (non-hydrogen) atoms. The first-order chi connectivity index (χ1) is 21.1. The van der Waals surface area contributed by atoms with E-state index in [0.717, 1.165) is 43.2 Å². The molecule has 0 aliphatic heterocycles. The van der Waals surface area contributed by atoms with Gasteiger partial charge >= 0.3 is 5.97 Å². The van der Waals surface area contributed by atoms with E-state index in [9.17, 15) is 15.3 Å². The Bertz CT molecular complexity index is 1360. The summed E-state index contributed by atoms with van der Waals surface area (Å²) in [6.07, 6.45) is 20.3. The number of aryl methyl sites for hydroxylation is 1. The fraction of sp³-hybridized carbons (Fsp3) is 0.472. The molecular weight excluding hydrogens is 536 g/mol. The minimum atomic E-state index is -0.626. The number of aromatic nitrogens is 2. The van der Waals surface area contributed by atoms with E-state index in [1.165, 1.54) is 63.9 Å². The van der Waals surface area contributed by atoms with Crippen molar-refractivity contribution in [1.82, 2.24) is 9.97 Å². The quantitative estimate of drug-likeness (QED) is 0.0790. The summed E-state index contributed by atoms with van der Waals surface area (Å²) >= 11 is 0. The number of unbranched alkanes of at least 4 members (excludes halogenated alkanes) is 11. The van der Waals surface area contributed by atoms with Crippen molar-refractivity contribution in [3.63, 3.8) is 0 Å². The molecule has 0 unspecified atom stereocenters. The van der Waals surface area contributed by atoms with Gasteiger partial charge in [0.05, 0.1) is 12.2 Å². The summed E-state index contributed by atoms with van der Waals surface area (Å²) in [7, 11) is 0. The Kier molecular flexibility index (Phi) is 14.7. The molecule has 0 saturated carbocycles. The number of carbonyl (C=O) groups excluding carboxylic acids is 1. The predicted octanol–water partition coefficient (Wildman–Crippen LogP) is 9.14. The zero-order valence-electron chi connectivity index (χ0n) is 25.7. The number of nitriles is 2. The first kappa shape index (κ1) is 33.3. The number of carbonyl (C=O) groups is 1. The zero-order valence-corrected chi connectivity index (χ0v) is 25.7. The van der Waals surface area contributed by atoms with E-state index in [1.807, 2.05) is 24.5 Å². The second-order valence-corrected chi connectivity index (χ2v) is 10.9. The van der Waals surface area contributed by atoms with Gasteiger partial charge in [0.15, 0.2) is 11.6 Å². The maximum Gasteiger partial charge on any atom is 0.343 e. The summed E-state index contributed by atoms with van der Waals surface area (Å²) < 4.78 is 11.4. The van der Waals surface area contributed by atoms with Gasteiger partial charge in [-0.3, -0.25) is 0 Å². The minimum absolute atomic E-state index is 0.0148. The summed E-state index contributed by atoms with van der Waals surface area (Å²) in [5.74, 6) is 0.316. The average molecular weight is 581 g/mol. The molecule has 7 heteroatoms. The van der Waals surface area contributed by atoms with Crippen LogP contribution in [-0.2, 0) is 6.42 Å². The van der Waals surface area contributed by atoms with Gasteiger partial charge in [-0.1, -0.05) is 96.6 Å². The van der Waals surface area contributed by atoms with Crippen molar-refractivity contribution in [2.75, 3.05) is 6.61 Å². The Morgan fingerprint density at radius 1 is 0.698 bits per heavy atom. The van der Waals surface area contributed by atoms with Crippen molar-refractivity contribution >= 4 is 5.97 Å². The van der Waals surface area contributed by atoms with Crippen LogP contribution in [0.25, 0.3) is 11.4 Å². The summed E-state index contributed by atoms with van der Waals surface area (Å²) in [6.45, 7) is 4.89. The van der Waals surface area contributed by atoms with Crippen molar-refractivity contribution in [3.8, 4) is 35.0 Å². The van der Waals surface area contributed by atoms with Crippen LogP contribution in [0.1, 0.15) is 124 Å². The Balaban J connectivity index is 1.55. The molecule has 0 radical (unpaired) electrons. The van der Waals surface area contributed by atoms with Crippen molar-refractivity contribution in [1.29, 1.82) is 10.5 Å². The molecule has 7 nitrogen and oxygen atoms in total. The Labute approximate surface area is 256 Å². The molecule has 1 aromatic heterocycles. The van der Waals surface area contributed by atoms with Gasteiger partial charge in [0.25, 0.3) is 0 Å². The van der Waals surface area contributed by atoms with Gasteiger partial charge < -0.3 is 9.47 Å². The fourth-order valence-electron chi connectivity index (χ4n) is 4.89. The molecule has 3 rings (SSSR count). The highest BCUT2D eigenvalue weighted by Gasteiger charge is 2.19. The molecule has 226 valence electrons. The average Bonchev–Trinajstić information content (AvgIpc) is 3.04.